The summed E-state index contributed by atoms with van der Waals surface area (Å²) in [5.41, 5.74) is -1.83. The average Bonchev–Trinajstić information content (AvgIpc) is 3.48. The molecular weight excluding hydrogens is 537 g/mol. The number of hydrogen-bond acceptors (Lipinski definition) is 8. The van der Waals surface area contributed by atoms with Crippen molar-refractivity contribution in [2.24, 2.45) is 5.41 Å². The number of pyridine rings is 1. The lowest BCUT2D eigenvalue weighted by molar-refractivity contribution is -0.137. The van der Waals surface area contributed by atoms with Crippen LogP contribution in [0.5, 0.6) is 5.75 Å². The number of aromatic nitrogens is 1. The lowest BCUT2D eigenvalue weighted by atomic mass is 9.63. The number of carbonyl (C=O) groups is 1. The van der Waals surface area contributed by atoms with E-state index in [4.69, 9.17) is 4.74 Å². The molecule has 2 aliphatic carbocycles. The molecule has 1 spiro atoms. The molecule has 2 saturated heterocycles. The Hall–Kier alpha value is -3.06. The summed E-state index contributed by atoms with van der Waals surface area (Å²) < 4.78 is 74.6. The van der Waals surface area contributed by atoms with Gasteiger partial charge in [-0.2, -0.15) is 21.6 Å². The molecule has 0 radical (unpaired) electrons. The highest BCUT2D eigenvalue weighted by molar-refractivity contribution is 7.90. The van der Waals surface area contributed by atoms with Crippen LogP contribution in [0, 0.1) is 5.41 Å². The summed E-state index contributed by atoms with van der Waals surface area (Å²) in [6, 6.07) is 7.60. The van der Waals surface area contributed by atoms with Crippen LogP contribution in [0.1, 0.15) is 44.1 Å². The Kier molecular flexibility index (Phi) is 6.03. The second-order valence-corrected chi connectivity index (χ2v) is 12.8. The minimum Gasteiger partial charge on any atom is -0.475 e. The van der Waals surface area contributed by atoms with Crippen LogP contribution in [0.3, 0.4) is 0 Å². The lowest BCUT2D eigenvalue weighted by Gasteiger charge is -2.57. The highest BCUT2D eigenvalue weighted by Gasteiger charge is 2.55. The Morgan fingerprint density at radius 3 is 2.44 bits per heavy atom. The van der Waals surface area contributed by atoms with Gasteiger partial charge in [0.1, 0.15) is 11.6 Å². The largest absolute Gasteiger partial charge is 0.475 e. The van der Waals surface area contributed by atoms with Crippen molar-refractivity contribution < 1.29 is 36.2 Å². The highest BCUT2D eigenvalue weighted by atomic mass is 32.2. The van der Waals surface area contributed by atoms with Crippen molar-refractivity contribution in [3.63, 3.8) is 0 Å². The maximum atomic E-state index is 13.5. The molecule has 6 rings (SSSR count). The van der Waals surface area contributed by atoms with E-state index >= 15 is 0 Å². The zero-order valence-corrected chi connectivity index (χ0v) is 21.9. The summed E-state index contributed by atoms with van der Waals surface area (Å²) in [5, 5.41) is 9.40. The molecule has 2 aromatic rings. The van der Waals surface area contributed by atoms with Gasteiger partial charge in [0.25, 0.3) is 15.9 Å². The molecule has 210 valence electrons. The average molecular weight is 567 g/mol. The molecule has 2 saturated carbocycles. The number of nitrogens with zero attached hydrogens (tertiary/aromatic N) is 3. The number of β-amino-alcohol motifs (C(OH)–C–C–N with tert-alkyl or cyclic N) is 1. The summed E-state index contributed by atoms with van der Waals surface area (Å²) in [4.78, 5) is 21.0. The van der Waals surface area contributed by atoms with Crippen molar-refractivity contribution in [3.8, 4) is 5.75 Å². The number of anilines is 2. The number of aliphatic hydroxyl groups is 1. The van der Waals surface area contributed by atoms with Crippen LogP contribution < -0.4 is 19.3 Å². The quantitative estimate of drug-likeness (QED) is 0.526. The van der Waals surface area contributed by atoms with Gasteiger partial charge in [0.05, 0.1) is 17.4 Å². The number of alkyl halides is 3. The number of hydrogen-bond donors (Lipinski definition) is 2. The van der Waals surface area contributed by atoms with E-state index in [1.807, 2.05) is 9.62 Å². The first-order chi connectivity index (χ1) is 18.4. The molecule has 0 bridgehead atoms. The summed E-state index contributed by atoms with van der Waals surface area (Å²) in [6.07, 6.45) is -0.984. The van der Waals surface area contributed by atoms with Crippen molar-refractivity contribution in [3.05, 3.63) is 42.0 Å². The molecule has 4 fully saturated rings. The Morgan fingerprint density at radius 2 is 1.85 bits per heavy atom. The number of carbonyl (C=O) groups excluding carboxylic acids is 1. The smallest absolute Gasteiger partial charge is 0.416 e. The Bertz CT molecular complexity index is 1400. The standard InChI is InChI=1S/C26H29F3N4O5S/c27-26(28,29)17-5-6-19(33-15-24(16-33)8-2-9-24)20(13-17)38-25(10-11-25)23(35)31-39(36,37)22-4-1-3-21(30-22)32-12-7-18(34)14-32/h1,3-6,13,18,34H,2,7-12,14-16H2,(H,31,35). The van der Waals surface area contributed by atoms with Crippen molar-refractivity contribution in [1.82, 2.24) is 9.71 Å². The van der Waals surface area contributed by atoms with Crippen molar-refractivity contribution >= 4 is 27.4 Å². The van der Waals surface area contributed by atoms with Crippen molar-refractivity contribution in [2.75, 3.05) is 36.0 Å². The Balaban J connectivity index is 1.21. The number of ether oxygens (including phenoxy) is 1. The van der Waals surface area contributed by atoms with Crippen LogP contribution in [0.15, 0.2) is 41.4 Å². The molecule has 1 aromatic heterocycles. The SMILES string of the molecule is O=C(NS(=O)(=O)c1cccc(N2CCC(O)C2)n1)C1(Oc2cc(C(F)(F)F)ccc2N2CC3(CCC3)C2)CC1. The van der Waals surface area contributed by atoms with E-state index < -0.39 is 39.4 Å². The molecule has 1 aromatic carbocycles. The first-order valence-corrected chi connectivity index (χ1v) is 14.5. The van der Waals surface area contributed by atoms with Gasteiger partial charge in [-0.05, 0) is 49.6 Å². The first kappa shape index (κ1) is 26.2. The molecule has 39 heavy (non-hydrogen) atoms. The fourth-order valence-corrected chi connectivity index (χ4v) is 6.61. The van der Waals surface area contributed by atoms with E-state index in [9.17, 15) is 31.5 Å². The van der Waals surface area contributed by atoms with Gasteiger partial charge in [-0.3, -0.25) is 4.79 Å². The second-order valence-electron chi connectivity index (χ2n) is 11.1. The van der Waals surface area contributed by atoms with Gasteiger partial charge in [-0.1, -0.05) is 12.5 Å². The van der Waals surface area contributed by atoms with Crippen molar-refractivity contribution in [1.29, 1.82) is 0 Å². The van der Waals surface area contributed by atoms with Gasteiger partial charge in [0.15, 0.2) is 10.6 Å². The van der Waals surface area contributed by atoms with Gasteiger partial charge in [0, 0.05) is 44.4 Å². The minimum atomic E-state index is -4.61. The Morgan fingerprint density at radius 1 is 1.10 bits per heavy atom. The van der Waals surface area contributed by atoms with Crippen LogP contribution in [0.4, 0.5) is 24.7 Å². The number of nitrogens with one attached hydrogen (secondary N) is 1. The third-order valence-electron chi connectivity index (χ3n) is 8.22. The van der Waals surface area contributed by atoms with Gasteiger partial charge < -0.3 is 19.6 Å². The molecule has 1 amide bonds. The van der Waals surface area contributed by atoms with Gasteiger partial charge in [0.2, 0.25) is 0 Å². The van der Waals surface area contributed by atoms with Crippen LogP contribution >= 0.6 is 0 Å². The maximum Gasteiger partial charge on any atom is 0.416 e. The van der Waals surface area contributed by atoms with E-state index in [0.717, 1.165) is 31.4 Å². The van der Waals surface area contributed by atoms with E-state index in [-0.39, 0.29) is 29.0 Å². The minimum absolute atomic E-state index is 0.0863. The van der Waals surface area contributed by atoms with Crippen molar-refractivity contribution in [2.45, 2.75) is 61.4 Å². The fourth-order valence-electron chi connectivity index (χ4n) is 5.61. The van der Waals surface area contributed by atoms with E-state index in [1.165, 1.54) is 18.2 Å². The third kappa shape index (κ3) is 4.90. The number of halogens is 3. The van der Waals surface area contributed by atoms with Crippen LogP contribution in [-0.4, -0.2) is 62.3 Å². The molecular formula is C26H29F3N4O5S. The lowest BCUT2D eigenvalue weighted by Crippen LogP contribution is -2.60. The topological polar surface area (TPSA) is 112 Å². The van der Waals surface area contributed by atoms with Crippen LogP contribution in [0.25, 0.3) is 0 Å². The van der Waals surface area contributed by atoms with Crippen LogP contribution in [-0.2, 0) is 21.0 Å². The van der Waals surface area contributed by atoms with E-state index in [2.05, 4.69) is 4.98 Å². The molecule has 3 heterocycles. The summed E-state index contributed by atoms with van der Waals surface area (Å²) >= 11 is 0. The zero-order valence-electron chi connectivity index (χ0n) is 21.1. The molecule has 1 unspecified atom stereocenters. The first-order valence-electron chi connectivity index (χ1n) is 13.0. The van der Waals surface area contributed by atoms with E-state index in [0.29, 0.717) is 44.1 Å². The number of aliphatic hydroxyl groups excluding tert-OH is 1. The fraction of sp³-hybridized carbons (Fsp3) is 0.538. The molecule has 4 aliphatic rings. The number of rotatable bonds is 7. The number of sulfonamides is 1. The van der Waals surface area contributed by atoms with Crippen LogP contribution in [0.2, 0.25) is 0 Å². The summed E-state index contributed by atoms with van der Waals surface area (Å²) in [5.74, 6) is -0.683. The monoisotopic (exact) mass is 566 g/mol. The summed E-state index contributed by atoms with van der Waals surface area (Å²) in [6.45, 7) is 2.24. The summed E-state index contributed by atoms with van der Waals surface area (Å²) in [7, 11) is -4.39. The van der Waals surface area contributed by atoms with Gasteiger partial charge >= 0.3 is 6.18 Å². The predicted molar refractivity (Wildman–Crippen MR) is 135 cm³/mol. The number of amides is 1. The molecule has 1 atom stereocenters. The normalized spacial score (nSPS) is 23.2. The Labute approximate surface area is 224 Å². The molecule has 9 nitrogen and oxygen atoms in total. The molecule has 2 N–H and O–H groups in total. The van der Waals surface area contributed by atoms with E-state index in [1.54, 1.807) is 11.0 Å². The third-order valence-corrected chi connectivity index (χ3v) is 9.45. The number of benzene rings is 1. The molecule has 2 aliphatic heterocycles. The molecule has 13 heteroatoms. The zero-order chi connectivity index (χ0) is 27.6. The maximum absolute atomic E-state index is 13.5. The second kappa shape index (κ2) is 8.98. The highest BCUT2D eigenvalue weighted by Crippen LogP contribution is 2.52. The van der Waals surface area contributed by atoms with Gasteiger partial charge in [-0.25, -0.2) is 9.71 Å². The van der Waals surface area contributed by atoms with Gasteiger partial charge in [-0.15, -0.1) is 0 Å². The predicted octanol–water partition coefficient (Wildman–Crippen LogP) is 3.08.